The summed E-state index contributed by atoms with van der Waals surface area (Å²) in [7, 11) is 0. The van der Waals surface area contributed by atoms with Crippen molar-refractivity contribution >= 4 is 0 Å². The Hall–Kier alpha value is -1.58. The van der Waals surface area contributed by atoms with Crippen LogP contribution in [0.3, 0.4) is 0 Å². The first-order valence-corrected chi connectivity index (χ1v) is 5.46. The highest BCUT2D eigenvalue weighted by Crippen LogP contribution is 2.29. The lowest BCUT2D eigenvalue weighted by Gasteiger charge is -2.18. The quantitative estimate of drug-likeness (QED) is 0.799. The Morgan fingerprint density at radius 2 is 1.94 bits per heavy atom. The number of aromatic nitrogens is 4. The normalized spacial score (nSPS) is 12.1. The summed E-state index contributed by atoms with van der Waals surface area (Å²) in [6.07, 6.45) is 1.53. The Morgan fingerprint density at radius 3 is 2.38 bits per heavy atom. The van der Waals surface area contributed by atoms with Crippen molar-refractivity contribution in [3.63, 3.8) is 0 Å². The smallest absolute Gasteiger partial charge is 0.229 e. The largest absolute Gasteiger partial charge is 0.287 e. The number of hydrogen-bond acceptors (Lipinski definition) is 2. The van der Waals surface area contributed by atoms with E-state index < -0.39 is 0 Å². The minimum Gasteiger partial charge on any atom is -0.287 e. The van der Waals surface area contributed by atoms with Gasteiger partial charge >= 0.3 is 0 Å². The van der Waals surface area contributed by atoms with Crippen LogP contribution in [-0.4, -0.2) is 19.7 Å². The van der Waals surface area contributed by atoms with Crippen molar-refractivity contribution in [2.75, 3.05) is 0 Å². The van der Waals surface area contributed by atoms with Crippen LogP contribution in [0.15, 0.2) is 12.4 Å². The highest BCUT2D eigenvalue weighted by atomic mass is 15.3. The van der Waals surface area contributed by atoms with Crippen molar-refractivity contribution < 1.29 is 0 Å². The van der Waals surface area contributed by atoms with E-state index in [0.717, 1.165) is 5.95 Å². The van der Waals surface area contributed by atoms with Crippen molar-refractivity contribution in [2.45, 2.75) is 40.0 Å². The molecule has 0 radical (unpaired) electrons. The van der Waals surface area contributed by atoms with Crippen LogP contribution < -0.4 is 0 Å². The van der Waals surface area contributed by atoms with Crippen LogP contribution >= 0.6 is 0 Å². The van der Waals surface area contributed by atoms with Crippen molar-refractivity contribution in [2.24, 2.45) is 0 Å². The van der Waals surface area contributed by atoms with Crippen LogP contribution in [0, 0.1) is 13.8 Å². The topological polar surface area (TPSA) is 46.5 Å². The van der Waals surface area contributed by atoms with E-state index in [1.54, 1.807) is 0 Å². The number of nitrogens with one attached hydrogen (secondary N) is 1. The molecule has 2 rings (SSSR count). The van der Waals surface area contributed by atoms with Gasteiger partial charge in [0.15, 0.2) is 0 Å². The summed E-state index contributed by atoms with van der Waals surface area (Å²) in [5.74, 6) is 0.783. The third-order valence-corrected chi connectivity index (χ3v) is 2.85. The Bertz CT molecular complexity index is 486. The minimum absolute atomic E-state index is 0.153. The van der Waals surface area contributed by atoms with Gasteiger partial charge in [0.2, 0.25) is 5.95 Å². The molecule has 0 fully saturated rings. The molecule has 4 heteroatoms. The molecule has 2 heterocycles. The fourth-order valence-electron chi connectivity index (χ4n) is 2.15. The summed E-state index contributed by atoms with van der Waals surface area (Å²) in [4.78, 5) is 4.20. The second kappa shape index (κ2) is 3.47. The van der Waals surface area contributed by atoms with Crippen LogP contribution in [0.2, 0.25) is 0 Å². The monoisotopic (exact) mass is 218 g/mol. The number of H-pyrrole nitrogens is 1. The molecule has 0 saturated carbocycles. The fraction of sp³-hybridized carbons (Fsp3) is 0.500. The SMILES string of the molecule is Cc1cc(C(C)(C)C)c(C)n1-c1ncn[nH]1. The average Bonchev–Trinajstić information content (AvgIpc) is 2.72. The highest BCUT2D eigenvalue weighted by molar-refractivity contribution is 5.37. The second-order valence-corrected chi connectivity index (χ2v) is 5.18. The van der Waals surface area contributed by atoms with Crippen molar-refractivity contribution in [1.82, 2.24) is 19.7 Å². The standard InChI is InChI=1S/C12H18N4/c1-8-6-10(12(3,4)5)9(2)16(8)11-13-7-14-15-11/h6-7H,1-5H3,(H,13,14,15). The number of aromatic amines is 1. The summed E-state index contributed by atoms with van der Waals surface area (Å²) in [6, 6.07) is 2.22. The molecular weight excluding hydrogens is 200 g/mol. The molecule has 86 valence electrons. The molecule has 0 aliphatic rings. The van der Waals surface area contributed by atoms with E-state index in [1.807, 2.05) is 0 Å². The molecule has 2 aromatic rings. The summed E-state index contributed by atoms with van der Waals surface area (Å²) in [5, 5.41) is 6.80. The molecule has 0 aliphatic carbocycles. The lowest BCUT2D eigenvalue weighted by molar-refractivity contribution is 0.584. The van der Waals surface area contributed by atoms with Gasteiger partial charge in [-0.25, -0.2) is 5.10 Å². The molecule has 16 heavy (non-hydrogen) atoms. The number of rotatable bonds is 1. The van der Waals surface area contributed by atoms with Crippen LogP contribution in [0.5, 0.6) is 0 Å². The van der Waals surface area contributed by atoms with E-state index in [1.165, 1.54) is 23.3 Å². The van der Waals surface area contributed by atoms with Gasteiger partial charge < -0.3 is 0 Å². The summed E-state index contributed by atoms with van der Waals surface area (Å²) < 4.78 is 2.10. The molecule has 2 aromatic heterocycles. The van der Waals surface area contributed by atoms with Gasteiger partial charge in [0, 0.05) is 11.4 Å². The minimum atomic E-state index is 0.153. The second-order valence-electron chi connectivity index (χ2n) is 5.18. The molecule has 1 N–H and O–H groups in total. The van der Waals surface area contributed by atoms with Gasteiger partial charge in [0.05, 0.1) is 0 Å². The number of hydrogen-bond donors (Lipinski definition) is 1. The Kier molecular flexibility index (Phi) is 2.37. The summed E-state index contributed by atoms with van der Waals surface area (Å²) in [5.41, 5.74) is 3.91. The first kappa shape index (κ1) is 10.9. The molecule has 4 nitrogen and oxygen atoms in total. The predicted octanol–water partition coefficient (Wildman–Crippen LogP) is 2.51. The summed E-state index contributed by atoms with van der Waals surface area (Å²) >= 11 is 0. The van der Waals surface area contributed by atoms with Crippen LogP contribution in [0.1, 0.15) is 37.7 Å². The third kappa shape index (κ3) is 1.64. The van der Waals surface area contributed by atoms with Crippen molar-refractivity contribution in [1.29, 1.82) is 0 Å². The zero-order valence-electron chi connectivity index (χ0n) is 10.5. The molecule has 0 bridgehead atoms. The van der Waals surface area contributed by atoms with Gasteiger partial charge in [0.25, 0.3) is 0 Å². The van der Waals surface area contributed by atoms with Gasteiger partial charge in [-0.15, -0.1) is 0 Å². The lowest BCUT2D eigenvalue weighted by atomic mass is 9.87. The van der Waals surface area contributed by atoms with Crippen LogP contribution in [-0.2, 0) is 5.41 Å². The van der Waals surface area contributed by atoms with Crippen LogP contribution in [0.25, 0.3) is 5.95 Å². The fourth-order valence-corrected chi connectivity index (χ4v) is 2.15. The first-order chi connectivity index (χ1) is 7.41. The van der Waals surface area contributed by atoms with Crippen molar-refractivity contribution in [3.8, 4) is 5.95 Å². The predicted molar refractivity (Wildman–Crippen MR) is 63.9 cm³/mol. The number of aryl methyl sites for hydroxylation is 1. The van der Waals surface area contributed by atoms with E-state index in [0.29, 0.717) is 0 Å². The van der Waals surface area contributed by atoms with Gasteiger partial charge in [-0.1, -0.05) is 20.8 Å². The van der Waals surface area contributed by atoms with Gasteiger partial charge in [-0.05, 0) is 30.9 Å². The zero-order valence-corrected chi connectivity index (χ0v) is 10.5. The van der Waals surface area contributed by atoms with Gasteiger partial charge in [-0.2, -0.15) is 10.1 Å². The molecule has 0 unspecified atom stereocenters. The first-order valence-electron chi connectivity index (χ1n) is 5.46. The molecule has 0 aliphatic heterocycles. The Labute approximate surface area is 95.7 Å². The summed E-state index contributed by atoms with van der Waals surface area (Å²) in [6.45, 7) is 10.9. The average molecular weight is 218 g/mol. The molecule has 0 spiro atoms. The van der Waals surface area contributed by atoms with Crippen LogP contribution in [0.4, 0.5) is 0 Å². The van der Waals surface area contributed by atoms with Gasteiger partial charge in [0.1, 0.15) is 6.33 Å². The lowest BCUT2D eigenvalue weighted by Crippen LogP contribution is -2.12. The molecular formula is C12H18N4. The molecule has 0 aromatic carbocycles. The molecule has 0 atom stereocenters. The van der Waals surface area contributed by atoms with E-state index in [4.69, 9.17) is 0 Å². The number of nitrogens with zero attached hydrogens (tertiary/aromatic N) is 3. The molecule has 0 saturated heterocycles. The van der Waals surface area contributed by atoms with E-state index in [2.05, 4.69) is 60.4 Å². The third-order valence-electron chi connectivity index (χ3n) is 2.85. The zero-order chi connectivity index (χ0) is 11.9. The van der Waals surface area contributed by atoms with E-state index in [-0.39, 0.29) is 5.41 Å². The maximum Gasteiger partial charge on any atom is 0.229 e. The highest BCUT2D eigenvalue weighted by Gasteiger charge is 2.21. The molecule has 0 amide bonds. The van der Waals surface area contributed by atoms with Crippen molar-refractivity contribution in [3.05, 3.63) is 29.3 Å². The Morgan fingerprint density at radius 1 is 1.25 bits per heavy atom. The maximum absolute atomic E-state index is 4.20. The Balaban J connectivity index is 2.61. The van der Waals surface area contributed by atoms with E-state index in [9.17, 15) is 0 Å². The van der Waals surface area contributed by atoms with E-state index >= 15 is 0 Å². The maximum atomic E-state index is 4.20. The van der Waals surface area contributed by atoms with Gasteiger partial charge in [-0.3, -0.25) is 4.57 Å².